The molecule has 14 heavy (non-hydrogen) atoms. The molecule has 1 saturated heterocycles. The van der Waals surface area contributed by atoms with E-state index in [9.17, 15) is 4.79 Å². The second kappa shape index (κ2) is 6.05. The maximum absolute atomic E-state index is 10.6. The van der Waals surface area contributed by atoms with E-state index in [0.29, 0.717) is 5.92 Å². The van der Waals surface area contributed by atoms with Crippen molar-refractivity contribution >= 4 is 6.41 Å². The van der Waals surface area contributed by atoms with Crippen LogP contribution in [0, 0.1) is 11.8 Å². The zero-order chi connectivity index (χ0) is 10.4. The number of unbranched alkanes of at least 4 members (excludes halogenated alkanes) is 3. The molecule has 1 aliphatic heterocycles. The summed E-state index contributed by atoms with van der Waals surface area (Å²) in [7, 11) is 0. The van der Waals surface area contributed by atoms with Crippen molar-refractivity contribution in [2.45, 2.75) is 46.0 Å². The van der Waals surface area contributed by atoms with Crippen molar-refractivity contribution in [1.82, 2.24) is 4.90 Å². The Morgan fingerprint density at radius 2 is 2.07 bits per heavy atom. The number of hydrogen-bond acceptors (Lipinski definition) is 1. The largest absolute Gasteiger partial charge is 0.345 e. The Bertz CT molecular complexity index is 170. The summed E-state index contributed by atoms with van der Waals surface area (Å²) in [6, 6.07) is 0. The van der Waals surface area contributed by atoms with Gasteiger partial charge >= 0.3 is 0 Å². The average Bonchev–Trinajstić information content (AvgIpc) is 2.54. The molecule has 0 aromatic heterocycles. The van der Waals surface area contributed by atoms with E-state index >= 15 is 0 Å². The predicted octanol–water partition coefficient (Wildman–Crippen LogP) is 2.68. The van der Waals surface area contributed by atoms with Gasteiger partial charge in [0.1, 0.15) is 0 Å². The van der Waals surface area contributed by atoms with E-state index < -0.39 is 0 Å². The van der Waals surface area contributed by atoms with E-state index in [4.69, 9.17) is 0 Å². The lowest BCUT2D eigenvalue weighted by molar-refractivity contribution is -0.117. The summed E-state index contributed by atoms with van der Waals surface area (Å²) in [6.45, 7) is 6.49. The Balaban J connectivity index is 2.15. The molecule has 1 heterocycles. The van der Waals surface area contributed by atoms with Crippen molar-refractivity contribution in [3.8, 4) is 0 Å². The molecule has 0 N–H and O–H groups in total. The summed E-state index contributed by atoms with van der Waals surface area (Å²) in [6.07, 6.45) is 7.68. The minimum Gasteiger partial charge on any atom is -0.345 e. The SMILES string of the molecule is CCCCCC[C@H]1CN(C=O)C[C@H]1C. The highest BCUT2D eigenvalue weighted by atomic mass is 16.1. The molecular formula is C12H23NO. The molecule has 2 nitrogen and oxygen atoms in total. The van der Waals surface area contributed by atoms with Gasteiger partial charge in [-0.3, -0.25) is 4.79 Å². The smallest absolute Gasteiger partial charge is 0.209 e. The van der Waals surface area contributed by atoms with E-state index in [0.717, 1.165) is 25.4 Å². The van der Waals surface area contributed by atoms with E-state index in [1.165, 1.54) is 32.1 Å². The number of rotatable bonds is 6. The van der Waals surface area contributed by atoms with Crippen LogP contribution in [0.5, 0.6) is 0 Å². The molecule has 0 bridgehead atoms. The van der Waals surface area contributed by atoms with Crippen LogP contribution < -0.4 is 0 Å². The maximum atomic E-state index is 10.6. The average molecular weight is 197 g/mol. The van der Waals surface area contributed by atoms with Gasteiger partial charge in [0.15, 0.2) is 0 Å². The fourth-order valence-electron chi connectivity index (χ4n) is 2.37. The first-order chi connectivity index (χ1) is 6.77. The summed E-state index contributed by atoms with van der Waals surface area (Å²) in [5.74, 6) is 1.47. The fraction of sp³-hybridized carbons (Fsp3) is 0.917. The number of likely N-dealkylation sites (tertiary alicyclic amines) is 1. The Labute approximate surface area is 87.7 Å². The number of carbonyl (C=O) groups is 1. The summed E-state index contributed by atoms with van der Waals surface area (Å²) in [5.41, 5.74) is 0. The van der Waals surface area contributed by atoms with Gasteiger partial charge in [0.25, 0.3) is 0 Å². The van der Waals surface area contributed by atoms with Gasteiger partial charge in [-0.2, -0.15) is 0 Å². The lowest BCUT2D eigenvalue weighted by atomic mass is 9.92. The van der Waals surface area contributed by atoms with Crippen molar-refractivity contribution in [1.29, 1.82) is 0 Å². The van der Waals surface area contributed by atoms with Crippen LogP contribution in [0.1, 0.15) is 46.0 Å². The molecule has 1 aliphatic rings. The molecule has 0 aromatic carbocycles. The molecule has 0 aliphatic carbocycles. The lowest BCUT2D eigenvalue weighted by Gasteiger charge is -2.12. The third kappa shape index (κ3) is 3.32. The van der Waals surface area contributed by atoms with Gasteiger partial charge in [0, 0.05) is 13.1 Å². The first kappa shape index (κ1) is 11.5. The Hall–Kier alpha value is -0.530. The number of carbonyl (C=O) groups excluding carboxylic acids is 1. The van der Waals surface area contributed by atoms with Gasteiger partial charge in [-0.25, -0.2) is 0 Å². The van der Waals surface area contributed by atoms with Crippen molar-refractivity contribution < 1.29 is 4.79 Å². The third-order valence-electron chi connectivity index (χ3n) is 3.37. The number of nitrogens with zero attached hydrogens (tertiary/aromatic N) is 1. The van der Waals surface area contributed by atoms with Gasteiger partial charge in [0.05, 0.1) is 0 Å². The summed E-state index contributed by atoms with van der Waals surface area (Å²) in [4.78, 5) is 12.5. The monoisotopic (exact) mass is 197 g/mol. The van der Waals surface area contributed by atoms with Crippen LogP contribution in [0.4, 0.5) is 0 Å². The number of hydrogen-bond donors (Lipinski definition) is 0. The Morgan fingerprint density at radius 3 is 2.64 bits per heavy atom. The predicted molar refractivity (Wildman–Crippen MR) is 59.1 cm³/mol. The van der Waals surface area contributed by atoms with Crippen LogP contribution in [-0.2, 0) is 4.79 Å². The lowest BCUT2D eigenvalue weighted by Crippen LogP contribution is -2.18. The quantitative estimate of drug-likeness (QED) is 0.473. The van der Waals surface area contributed by atoms with E-state index in [2.05, 4.69) is 13.8 Å². The Morgan fingerprint density at radius 1 is 1.29 bits per heavy atom. The van der Waals surface area contributed by atoms with Crippen LogP contribution in [0.25, 0.3) is 0 Å². The highest BCUT2D eigenvalue weighted by molar-refractivity contribution is 5.47. The second-order valence-corrected chi connectivity index (χ2v) is 4.65. The van der Waals surface area contributed by atoms with Crippen molar-refractivity contribution in [3.63, 3.8) is 0 Å². The van der Waals surface area contributed by atoms with Gasteiger partial charge < -0.3 is 4.90 Å². The standard InChI is InChI=1S/C12H23NO/c1-3-4-5-6-7-12-9-13(10-14)8-11(12)2/h10-12H,3-9H2,1-2H3/t11-,12+/m1/s1. The maximum Gasteiger partial charge on any atom is 0.209 e. The zero-order valence-electron chi connectivity index (χ0n) is 9.54. The van der Waals surface area contributed by atoms with Gasteiger partial charge in [-0.1, -0.05) is 39.5 Å². The molecule has 0 spiro atoms. The normalized spacial score (nSPS) is 26.9. The van der Waals surface area contributed by atoms with Crippen LogP contribution in [0.2, 0.25) is 0 Å². The Kier molecular flexibility index (Phi) is 4.99. The van der Waals surface area contributed by atoms with Gasteiger partial charge in [-0.05, 0) is 18.3 Å². The van der Waals surface area contributed by atoms with Crippen LogP contribution >= 0.6 is 0 Å². The molecule has 0 aromatic rings. The first-order valence-corrected chi connectivity index (χ1v) is 5.97. The molecular weight excluding hydrogens is 174 g/mol. The first-order valence-electron chi connectivity index (χ1n) is 5.97. The van der Waals surface area contributed by atoms with E-state index in [-0.39, 0.29) is 0 Å². The summed E-state index contributed by atoms with van der Waals surface area (Å²) >= 11 is 0. The topological polar surface area (TPSA) is 20.3 Å². The summed E-state index contributed by atoms with van der Waals surface area (Å²) in [5, 5.41) is 0. The molecule has 82 valence electrons. The molecule has 2 heteroatoms. The molecule has 0 unspecified atom stereocenters. The van der Waals surface area contributed by atoms with Gasteiger partial charge in [-0.15, -0.1) is 0 Å². The highest BCUT2D eigenvalue weighted by Crippen LogP contribution is 2.26. The molecule has 0 saturated carbocycles. The molecule has 2 atom stereocenters. The molecule has 1 rings (SSSR count). The minimum absolute atomic E-state index is 0.710. The van der Waals surface area contributed by atoms with E-state index in [1.807, 2.05) is 4.90 Å². The van der Waals surface area contributed by atoms with E-state index in [1.54, 1.807) is 0 Å². The van der Waals surface area contributed by atoms with Crippen LogP contribution in [0.15, 0.2) is 0 Å². The summed E-state index contributed by atoms with van der Waals surface area (Å²) < 4.78 is 0. The zero-order valence-corrected chi connectivity index (χ0v) is 9.54. The molecule has 0 radical (unpaired) electrons. The molecule has 1 amide bonds. The number of amides is 1. The second-order valence-electron chi connectivity index (χ2n) is 4.65. The van der Waals surface area contributed by atoms with Crippen LogP contribution in [-0.4, -0.2) is 24.4 Å². The highest BCUT2D eigenvalue weighted by Gasteiger charge is 2.27. The van der Waals surface area contributed by atoms with Gasteiger partial charge in [0.2, 0.25) is 6.41 Å². The fourth-order valence-corrected chi connectivity index (χ4v) is 2.37. The third-order valence-corrected chi connectivity index (χ3v) is 3.37. The van der Waals surface area contributed by atoms with Crippen LogP contribution in [0.3, 0.4) is 0 Å². The van der Waals surface area contributed by atoms with Crippen molar-refractivity contribution in [2.24, 2.45) is 11.8 Å². The van der Waals surface area contributed by atoms with Crippen molar-refractivity contribution in [3.05, 3.63) is 0 Å². The minimum atomic E-state index is 0.710. The van der Waals surface area contributed by atoms with Crippen molar-refractivity contribution in [2.75, 3.05) is 13.1 Å². The molecule has 1 fully saturated rings.